The lowest BCUT2D eigenvalue weighted by atomic mass is 10.0. The molecular weight excluding hydrogens is 317 g/mol. The number of nitrogens with zero attached hydrogens (tertiary/aromatic N) is 1. The zero-order valence-electron chi connectivity index (χ0n) is 12.7. The molecule has 0 saturated carbocycles. The van der Waals surface area contributed by atoms with Gasteiger partial charge in [-0.05, 0) is 35.6 Å². The molecule has 0 spiro atoms. The first-order valence-corrected chi connectivity index (χ1v) is 6.82. The fourth-order valence-electron chi connectivity index (χ4n) is 2.22. The van der Waals surface area contributed by atoms with Crippen LogP contribution in [-0.2, 0) is 19.4 Å². The summed E-state index contributed by atoms with van der Waals surface area (Å²) in [5.74, 6) is 0.581. The van der Waals surface area contributed by atoms with Crippen LogP contribution in [0.15, 0.2) is 53.5 Å². The largest absolute Gasteiger partial charge is 0.384 e. The number of aliphatic imine (C=N–C) groups is 1. The molecule has 0 radical (unpaired) electrons. The van der Waals surface area contributed by atoms with E-state index in [-0.39, 0.29) is 24.8 Å². The Bertz CT molecular complexity index is 612. The minimum absolute atomic E-state index is 0. The number of benzene rings is 2. The number of rotatable bonds is 5. The predicted molar refractivity (Wildman–Crippen MR) is 99.3 cm³/mol. The fraction of sp³-hybridized carbons (Fsp3) is 0.235. The molecule has 0 atom stereocenters. The molecule has 0 aliphatic rings. The van der Waals surface area contributed by atoms with Crippen molar-refractivity contribution in [1.29, 1.82) is 0 Å². The summed E-state index contributed by atoms with van der Waals surface area (Å²) in [5, 5.41) is 0. The average molecular weight is 340 g/mol. The van der Waals surface area contributed by atoms with E-state index in [0.29, 0.717) is 12.4 Å². The zero-order chi connectivity index (χ0) is 14.4. The molecule has 0 aromatic heterocycles. The fourth-order valence-corrected chi connectivity index (χ4v) is 2.22. The van der Waals surface area contributed by atoms with Crippen molar-refractivity contribution >= 4 is 30.6 Å². The van der Waals surface area contributed by atoms with Gasteiger partial charge in [-0.2, -0.15) is 0 Å². The van der Waals surface area contributed by atoms with Crippen LogP contribution in [0.4, 0.5) is 0 Å². The molecule has 0 amide bonds. The summed E-state index contributed by atoms with van der Waals surface area (Å²) < 4.78 is 0. The van der Waals surface area contributed by atoms with Crippen molar-refractivity contribution in [1.82, 2.24) is 0 Å². The molecule has 4 N–H and O–H groups in total. The third-order valence-electron chi connectivity index (χ3n) is 3.39. The van der Waals surface area contributed by atoms with Crippen molar-refractivity contribution in [2.24, 2.45) is 16.5 Å². The van der Waals surface area contributed by atoms with E-state index in [0.717, 1.165) is 18.4 Å². The standard InChI is InChI=1S/C17H21N3.2ClH/c1-20-17(19)16-7-3-5-14(11-16)9-8-13-4-2-6-15(10-13)12-18;;/h2-7,10-11H,8-9,12,18H2,1H3,(H2,19,20);2*1H. The van der Waals surface area contributed by atoms with E-state index < -0.39 is 0 Å². The van der Waals surface area contributed by atoms with Crippen LogP contribution in [0.5, 0.6) is 0 Å². The molecule has 0 aliphatic carbocycles. The van der Waals surface area contributed by atoms with E-state index in [1.165, 1.54) is 16.7 Å². The molecule has 120 valence electrons. The highest BCUT2D eigenvalue weighted by atomic mass is 35.5. The summed E-state index contributed by atoms with van der Waals surface area (Å²) in [6.45, 7) is 0.590. The maximum atomic E-state index is 5.84. The number of aryl methyl sites for hydroxylation is 2. The quantitative estimate of drug-likeness (QED) is 0.649. The van der Waals surface area contributed by atoms with Crippen LogP contribution in [0, 0.1) is 0 Å². The molecule has 0 aliphatic heterocycles. The molecule has 0 unspecified atom stereocenters. The Morgan fingerprint density at radius 1 is 0.909 bits per heavy atom. The Kier molecular flexibility index (Phi) is 9.50. The van der Waals surface area contributed by atoms with E-state index in [2.05, 4.69) is 41.4 Å². The van der Waals surface area contributed by atoms with Crippen LogP contribution < -0.4 is 11.5 Å². The van der Waals surface area contributed by atoms with Crippen LogP contribution in [0.2, 0.25) is 0 Å². The van der Waals surface area contributed by atoms with Gasteiger partial charge < -0.3 is 11.5 Å². The number of halogens is 2. The Balaban J connectivity index is 0.00000220. The van der Waals surface area contributed by atoms with Crippen molar-refractivity contribution in [2.75, 3.05) is 7.05 Å². The second-order valence-electron chi connectivity index (χ2n) is 4.83. The lowest BCUT2D eigenvalue weighted by molar-refractivity contribution is 0.950. The summed E-state index contributed by atoms with van der Waals surface area (Å²) in [6, 6.07) is 16.7. The molecule has 0 saturated heterocycles. The summed E-state index contributed by atoms with van der Waals surface area (Å²) >= 11 is 0. The van der Waals surface area contributed by atoms with Gasteiger partial charge in [-0.3, -0.25) is 4.99 Å². The number of hydrogen-bond donors (Lipinski definition) is 2. The van der Waals surface area contributed by atoms with Crippen molar-refractivity contribution in [3.63, 3.8) is 0 Å². The molecule has 22 heavy (non-hydrogen) atoms. The van der Waals surface area contributed by atoms with Crippen LogP contribution in [-0.4, -0.2) is 12.9 Å². The molecule has 0 bridgehead atoms. The highest BCUT2D eigenvalue weighted by Gasteiger charge is 2.01. The lowest BCUT2D eigenvalue weighted by Crippen LogP contribution is -2.13. The van der Waals surface area contributed by atoms with Gasteiger partial charge in [-0.25, -0.2) is 0 Å². The molecule has 0 fully saturated rings. The number of hydrogen-bond acceptors (Lipinski definition) is 2. The third-order valence-corrected chi connectivity index (χ3v) is 3.39. The Morgan fingerprint density at radius 2 is 1.45 bits per heavy atom. The van der Waals surface area contributed by atoms with Gasteiger partial charge in [-0.1, -0.05) is 42.5 Å². The normalized spacial score (nSPS) is 10.5. The van der Waals surface area contributed by atoms with E-state index in [1.54, 1.807) is 7.05 Å². The Hall–Kier alpha value is -1.55. The lowest BCUT2D eigenvalue weighted by Gasteiger charge is -2.06. The summed E-state index contributed by atoms with van der Waals surface area (Å²) in [6.07, 6.45) is 1.99. The van der Waals surface area contributed by atoms with E-state index in [1.807, 2.05) is 12.1 Å². The van der Waals surface area contributed by atoms with Gasteiger partial charge >= 0.3 is 0 Å². The van der Waals surface area contributed by atoms with Crippen LogP contribution in [0.3, 0.4) is 0 Å². The Labute approximate surface area is 144 Å². The SMILES string of the molecule is CN=C(N)c1cccc(CCc2cccc(CN)c2)c1.Cl.Cl. The van der Waals surface area contributed by atoms with Gasteiger partial charge in [0.15, 0.2) is 0 Å². The molecule has 5 heteroatoms. The van der Waals surface area contributed by atoms with Crippen LogP contribution in [0.1, 0.15) is 22.3 Å². The monoisotopic (exact) mass is 339 g/mol. The van der Waals surface area contributed by atoms with Gasteiger partial charge in [0.05, 0.1) is 0 Å². The Morgan fingerprint density at radius 3 is 2.05 bits per heavy atom. The second kappa shape index (κ2) is 10.2. The number of amidine groups is 1. The predicted octanol–water partition coefficient (Wildman–Crippen LogP) is 3.11. The van der Waals surface area contributed by atoms with Gasteiger partial charge in [0.25, 0.3) is 0 Å². The minimum atomic E-state index is 0. The van der Waals surface area contributed by atoms with E-state index >= 15 is 0 Å². The van der Waals surface area contributed by atoms with E-state index in [4.69, 9.17) is 11.5 Å². The zero-order valence-corrected chi connectivity index (χ0v) is 14.3. The highest BCUT2D eigenvalue weighted by molar-refractivity contribution is 5.97. The molecule has 2 aromatic rings. The van der Waals surface area contributed by atoms with Crippen molar-refractivity contribution in [2.45, 2.75) is 19.4 Å². The van der Waals surface area contributed by atoms with Gasteiger partial charge in [0, 0.05) is 19.2 Å². The molecule has 2 rings (SSSR count). The van der Waals surface area contributed by atoms with Crippen molar-refractivity contribution < 1.29 is 0 Å². The second-order valence-corrected chi connectivity index (χ2v) is 4.83. The maximum absolute atomic E-state index is 5.84. The van der Waals surface area contributed by atoms with Crippen molar-refractivity contribution in [3.05, 3.63) is 70.8 Å². The van der Waals surface area contributed by atoms with Crippen molar-refractivity contribution in [3.8, 4) is 0 Å². The van der Waals surface area contributed by atoms with Gasteiger partial charge in [0.2, 0.25) is 0 Å². The molecule has 3 nitrogen and oxygen atoms in total. The van der Waals surface area contributed by atoms with Gasteiger partial charge in [-0.15, -0.1) is 24.8 Å². The topological polar surface area (TPSA) is 64.4 Å². The minimum Gasteiger partial charge on any atom is -0.384 e. The third kappa shape index (κ3) is 5.68. The summed E-state index contributed by atoms with van der Waals surface area (Å²) in [5.41, 5.74) is 16.3. The van der Waals surface area contributed by atoms with Crippen LogP contribution >= 0.6 is 24.8 Å². The number of nitrogens with two attached hydrogens (primary N) is 2. The first-order valence-electron chi connectivity index (χ1n) is 6.82. The summed E-state index contributed by atoms with van der Waals surface area (Å²) in [7, 11) is 1.71. The van der Waals surface area contributed by atoms with Crippen LogP contribution in [0.25, 0.3) is 0 Å². The molecule has 0 heterocycles. The average Bonchev–Trinajstić information content (AvgIpc) is 2.52. The molecular formula is C17H23Cl2N3. The first kappa shape index (κ1) is 20.5. The van der Waals surface area contributed by atoms with E-state index in [9.17, 15) is 0 Å². The first-order chi connectivity index (χ1) is 9.72. The molecule has 2 aromatic carbocycles. The smallest absolute Gasteiger partial charge is 0.125 e. The highest BCUT2D eigenvalue weighted by Crippen LogP contribution is 2.11. The van der Waals surface area contributed by atoms with Gasteiger partial charge in [0.1, 0.15) is 5.84 Å². The maximum Gasteiger partial charge on any atom is 0.125 e. The summed E-state index contributed by atoms with van der Waals surface area (Å²) in [4.78, 5) is 4.02.